The number of hydrogen-bond acceptors (Lipinski definition) is 2. The number of carboxylic acid groups (broad SMARTS) is 2. The Bertz CT molecular complexity index is 204. The second-order valence-electron chi connectivity index (χ2n) is 3.49. The first-order valence-corrected chi connectivity index (χ1v) is 4.36. The molecule has 0 aliphatic rings. The SMILES string of the molecule is CCCC(C(=O)O)(C(=O)O)C(C)C.[LiH].[NaH]. The molecule has 0 spiro atoms. The number of hydrogen-bond donors (Lipinski definition) is 2. The van der Waals surface area contributed by atoms with E-state index in [0.29, 0.717) is 6.42 Å². The van der Waals surface area contributed by atoms with Crippen molar-refractivity contribution in [1.82, 2.24) is 0 Å². The summed E-state index contributed by atoms with van der Waals surface area (Å²) in [5.41, 5.74) is -1.62. The number of carbonyl (C=O) groups is 2. The molecule has 0 heterocycles. The molecule has 0 aliphatic heterocycles. The summed E-state index contributed by atoms with van der Waals surface area (Å²) in [6.07, 6.45) is 0.728. The summed E-state index contributed by atoms with van der Waals surface area (Å²) in [5.74, 6) is -2.88. The number of aliphatic carboxylic acids is 2. The van der Waals surface area contributed by atoms with Gasteiger partial charge in [0.05, 0.1) is 0 Å². The third kappa shape index (κ3) is 4.50. The molecular formula is C9H18LiNaO4. The van der Waals surface area contributed by atoms with Gasteiger partial charge in [0.25, 0.3) is 0 Å². The van der Waals surface area contributed by atoms with Crippen LogP contribution in [0.4, 0.5) is 0 Å². The van der Waals surface area contributed by atoms with E-state index in [4.69, 9.17) is 10.2 Å². The van der Waals surface area contributed by atoms with Gasteiger partial charge in [0.1, 0.15) is 0 Å². The van der Waals surface area contributed by atoms with E-state index >= 15 is 0 Å². The molecule has 0 bridgehead atoms. The monoisotopic (exact) mass is 220 g/mol. The van der Waals surface area contributed by atoms with Crippen LogP contribution in [-0.2, 0) is 9.59 Å². The van der Waals surface area contributed by atoms with Crippen molar-refractivity contribution in [3.63, 3.8) is 0 Å². The van der Waals surface area contributed by atoms with Gasteiger partial charge < -0.3 is 10.2 Å². The van der Waals surface area contributed by atoms with E-state index in [1.165, 1.54) is 0 Å². The molecule has 0 saturated heterocycles. The van der Waals surface area contributed by atoms with Gasteiger partial charge in [-0.3, -0.25) is 9.59 Å². The normalized spacial score (nSPS) is 10.1. The van der Waals surface area contributed by atoms with E-state index in [0.717, 1.165) is 0 Å². The standard InChI is InChI=1S/C9H16O4.Li.Na.2H/c1-4-5-9(6(2)3,7(10)11)8(12)13;;;;/h6H,4-5H2,1-3H3,(H,10,11)(H,12,13);;;;. The molecule has 0 rings (SSSR count). The van der Waals surface area contributed by atoms with E-state index in [9.17, 15) is 9.59 Å². The van der Waals surface area contributed by atoms with Crippen LogP contribution in [0.1, 0.15) is 33.6 Å². The van der Waals surface area contributed by atoms with Gasteiger partial charge in [-0.2, -0.15) is 0 Å². The van der Waals surface area contributed by atoms with Crippen molar-refractivity contribution in [2.75, 3.05) is 0 Å². The van der Waals surface area contributed by atoms with Gasteiger partial charge in [0.15, 0.2) is 5.41 Å². The van der Waals surface area contributed by atoms with E-state index < -0.39 is 23.3 Å². The molecule has 0 fully saturated rings. The third-order valence-electron chi connectivity index (χ3n) is 2.39. The van der Waals surface area contributed by atoms with E-state index in [-0.39, 0.29) is 54.8 Å². The van der Waals surface area contributed by atoms with Crippen LogP contribution in [0.5, 0.6) is 0 Å². The zero-order chi connectivity index (χ0) is 10.6. The molecule has 2 N–H and O–H groups in total. The van der Waals surface area contributed by atoms with Crippen molar-refractivity contribution in [1.29, 1.82) is 0 Å². The Morgan fingerprint density at radius 3 is 1.60 bits per heavy atom. The van der Waals surface area contributed by atoms with E-state index in [1.807, 2.05) is 0 Å². The van der Waals surface area contributed by atoms with Crippen LogP contribution in [0.25, 0.3) is 0 Å². The van der Waals surface area contributed by atoms with Crippen LogP contribution < -0.4 is 0 Å². The number of carboxylic acids is 2. The summed E-state index contributed by atoms with van der Waals surface area (Å²) in [5, 5.41) is 17.8. The minimum absolute atomic E-state index is 0. The summed E-state index contributed by atoms with van der Waals surface area (Å²) in [6.45, 7) is 5.03. The molecule has 6 heteroatoms. The Morgan fingerprint density at radius 1 is 1.20 bits per heavy atom. The van der Waals surface area contributed by atoms with Crippen LogP contribution in [0.2, 0.25) is 0 Å². The van der Waals surface area contributed by atoms with Crippen LogP contribution in [0.15, 0.2) is 0 Å². The molecule has 0 amide bonds. The van der Waals surface area contributed by atoms with Crippen molar-refractivity contribution in [3.05, 3.63) is 0 Å². The predicted molar refractivity (Wildman–Crippen MR) is 61.7 cm³/mol. The first-order valence-electron chi connectivity index (χ1n) is 4.36. The quantitative estimate of drug-likeness (QED) is 0.516. The summed E-state index contributed by atoms with van der Waals surface area (Å²) < 4.78 is 0. The first-order chi connectivity index (χ1) is 5.89. The Balaban J connectivity index is -0.000000720. The van der Waals surface area contributed by atoms with Crippen LogP contribution in [0, 0.1) is 11.3 Å². The molecule has 15 heavy (non-hydrogen) atoms. The molecule has 80 valence electrons. The van der Waals surface area contributed by atoms with Gasteiger partial charge in [-0.1, -0.05) is 27.2 Å². The van der Waals surface area contributed by atoms with Gasteiger partial charge in [-0.25, -0.2) is 0 Å². The van der Waals surface area contributed by atoms with Crippen molar-refractivity contribution < 1.29 is 19.8 Å². The maximum atomic E-state index is 10.9. The molecule has 0 radical (unpaired) electrons. The molecule has 4 nitrogen and oxygen atoms in total. The first kappa shape index (κ1) is 20.9. The Kier molecular flexibility index (Phi) is 12.1. The molecule has 0 unspecified atom stereocenters. The summed E-state index contributed by atoms with van der Waals surface area (Å²) in [7, 11) is 0. The zero-order valence-electron chi connectivity index (χ0n) is 8.20. The van der Waals surface area contributed by atoms with Crippen LogP contribution in [-0.4, -0.2) is 70.6 Å². The predicted octanol–water partition coefficient (Wildman–Crippen LogP) is 0.301. The van der Waals surface area contributed by atoms with Crippen molar-refractivity contribution in [2.24, 2.45) is 11.3 Å². The Labute approximate surface area is 124 Å². The average molecular weight is 220 g/mol. The van der Waals surface area contributed by atoms with Crippen molar-refractivity contribution >= 4 is 60.4 Å². The van der Waals surface area contributed by atoms with Gasteiger partial charge in [-0.15, -0.1) is 0 Å². The van der Waals surface area contributed by atoms with E-state index in [1.54, 1.807) is 20.8 Å². The molecule has 0 aromatic rings. The molecule has 0 aromatic heterocycles. The third-order valence-corrected chi connectivity index (χ3v) is 2.39. The van der Waals surface area contributed by atoms with Gasteiger partial charge in [-0.05, 0) is 12.3 Å². The Hall–Kier alpha value is 0.537. The van der Waals surface area contributed by atoms with Gasteiger partial charge in [0.2, 0.25) is 0 Å². The minimum atomic E-state index is -1.62. The number of rotatable bonds is 5. The fraction of sp³-hybridized carbons (Fsp3) is 0.778. The average Bonchev–Trinajstić information content (AvgIpc) is 1.97. The molecule has 0 aromatic carbocycles. The van der Waals surface area contributed by atoms with Crippen molar-refractivity contribution in [3.8, 4) is 0 Å². The van der Waals surface area contributed by atoms with Crippen LogP contribution in [0.3, 0.4) is 0 Å². The molecule has 0 atom stereocenters. The van der Waals surface area contributed by atoms with Crippen LogP contribution >= 0.6 is 0 Å². The van der Waals surface area contributed by atoms with E-state index in [2.05, 4.69) is 0 Å². The summed E-state index contributed by atoms with van der Waals surface area (Å²) in [6, 6.07) is 0. The molecular weight excluding hydrogens is 202 g/mol. The maximum absolute atomic E-state index is 10.9. The molecule has 0 saturated carbocycles. The topological polar surface area (TPSA) is 74.6 Å². The second kappa shape index (κ2) is 8.66. The zero-order valence-corrected chi connectivity index (χ0v) is 8.20. The Morgan fingerprint density at radius 2 is 1.53 bits per heavy atom. The molecule has 0 aliphatic carbocycles. The summed E-state index contributed by atoms with van der Waals surface area (Å²) >= 11 is 0. The second-order valence-corrected chi connectivity index (χ2v) is 3.49. The van der Waals surface area contributed by atoms with Crippen molar-refractivity contribution in [2.45, 2.75) is 33.6 Å². The summed E-state index contributed by atoms with van der Waals surface area (Å²) in [4.78, 5) is 21.8. The van der Waals surface area contributed by atoms with Gasteiger partial charge in [0, 0.05) is 0 Å². The fourth-order valence-electron chi connectivity index (χ4n) is 1.48. The van der Waals surface area contributed by atoms with Gasteiger partial charge >= 0.3 is 60.4 Å². The fourth-order valence-corrected chi connectivity index (χ4v) is 1.48.